The number of hydrogen-bond acceptors (Lipinski definition) is 2. The second-order valence-corrected chi connectivity index (χ2v) is 6.75. The van der Waals surface area contributed by atoms with Gasteiger partial charge in [-0.1, -0.05) is 36.6 Å². The van der Waals surface area contributed by atoms with Crippen LogP contribution in [-0.4, -0.2) is 19.0 Å². The summed E-state index contributed by atoms with van der Waals surface area (Å²) in [5.41, 5.74) is 1.03. The van der Waals surface area contributed by atoms with Gasteiger partial charge in [0.25, 0.3) is 0 Å². The second kappa shape index (κ2) is 7.67. The summed E-state index contributed by atoms with van der Waals surface area (Å²) >= 11 is 6.00. The molecule has 0 spiro atoms. The van der Waals surface area contributed by atoms with Gasteiger partial charge in [0.05, 0.1) is 5.54 Å². The minimum Gasteiger partial charge on any atom is -0.346 e. The number of halogens is 2. The quantitative estimate of drug-likeness (QED) is 0.880. The van der Waals surface area contributed by atoms with Gasteiger partial charge >= 0.3 is 0 Å². The van der Waals surface area contributed by atoms with Crippen molar-refractivity contribution in [2.45, 2.75) is 44.1 Å². The van der Waals surface area contributed by atoms with Crippen LogP contribution in [0, 0.1) is 5.92 Å². The van der Waals surface area contributed by atoms with Crippen LogP contribution < -0.4 is 10.6 Å². The van der Waals surface area contributed by atoms with E-state index < -0.39 is 0 Å². The van der Waals surface area contributed by atoms with Crippen molar-refractivity contribution in [3.63, 3.8) is 0 Å². The van der Waals surface area contributed by atoms with E-state index in [1.807, 2.05) is 12.1 Å². The molecule has 1 amide bonds. The number of rotatable bonds is 3. The monoisotopic (exact) mass is 342 g/mol. The standard InChI is InChI=1S/C17H23ClN2O.ClH/c18-15-5-3-14(4-6-15)17(9-1-2-10-17)20-16(21)13-7-11-19-12-8-13;/h3-6,13,19H,1-2,7-12H2,(H,20,21);1H. The summed E-state index contributed by atoms with van der Waals surface area (Å²) in [5.74, 6) is 0.393. The zero-order chi connectivity index (χ0) is 14.7. The van der Waals surface area contributed by atoms with Crippen molar-refractivity contribution in [1.29, 1.82) is 0 Å². The summed E-state index contributed by atoms with van der Waals surface area (Å²) in [5, 5.41) is 7.45. The van der Waals surface area contributed by atoms with Gasteiger partial charge in [0.15, 0.2) is 0 Å². The van der Waals surface area contributed by atoms with E-state index in [2.05, 4.69) is 22.8 Å². The molecule has 0 radical (unpaired) electrons. The van der Waals surface area contributed by atoms with Gasteiger partial charge in [-0.3, -0.25) is 4.79 Å². The molecule has 0 aromatic heterocycles. The number of piperidine rings is 1. The Morgan fingerprint density at radius 2 is 1.73 bits per heavy atom. The van der Waals surface area contributed by atoms with Crippen LogP contribution in [0.2, 0.25) is 5.02 Å². The van der Waals surface area contributed by atoms with Crippen LogP contribution >= 0.6 is 24.0 Å². The van der Waals surface area contributed by atoms with Crippen molar-refractivity contribution in [1.82, 2.24) is 10.6 Å². The van der Waals surface area contributed by atoms with Gasteiger partial charge in [0.1, 0.15) is 0 Å². The molecule has 3 rings (SSSR count). The molecule has 1 aliphatic carbocycles. The second-order valence-electron chi connectivity index (χ2n) is 6.31. The summed E-state index contributed by atoms with van der Waals surface area (Å²) in [6, 6.07) is 7.98. The fourth-order valence-electron chi connectivity index (χ4n) is 3.66. The molecule has 2 aliphatic rings. The third kappa shape index (κ3) is 3.76. The number of nitrogens with one attached hydrogen (secondary N) is 2. The maximum absolute atomic E-state index is 12.6. The van der Waals surface area contributed by atoms with Crippen LogP contribution in [0.5, 0.6) is 0 Å². The minimum absolute atomic E-state index is 0. The van der Waals surface area contributed by atoms with Crippen LogP contribution in [0.1, 0.15) is 44.1 Å². The molecule has 1 saturated carbocycles. The van der Waals surface area contributed by atoms with E-state index in [9.17, 15) is 4.79 Å². The highest BCUT2D eigenvalue weighted by Gasteiger charge is 2.38. The first-order chi connectivity index (χ1) is 10.2. The predicted molar refractivity (Wildman–Crippen MR) is 92.6 cm³/mol. The van der Waals surface area contributed by atoms with Crippen LogP contribution in [-0.2, 0) is 10.3 Å². The van der Waals surface area contributed by atoms with Crippen molar-refractivity contribution in [3.05, 3.63) is 34.9 Å². The van der Waals surface area contributed by atoms with Gasteiger partial charge in [0, 0.05) is 10.9 Å². The minimum atomic E-state index is -0.174. The Morgan fingerprint density at radius 3 is 2.32 bits per heavy atom. The van der Waals surface area contributed by atoms with E-state index in [4.69, 9.17) is 11.6 Å². The maximum atomic E-state index is 12.6. The first-order valence-electron chi connectivity index (χ1n) is 7.98. The molecule has 1 heterocycles. The summed E-state index contributed by atoms with van der Waals surface area (Å²) < 4.78 is 0. The molecule has 22 heavy (non-hydrogen) atoms. The van der Waals surface area contributed by atoms with Gasteiger partial charge in [-0.25, -0.2) is 0 Å². The summed E-state index contributed by atoms with van der Waals surface area (Å²) in [7, 11) is 0. The lowest BCUT2D eigenvalue weighted by molar-refractivity contribution is -0.127. The Labute approximate surface area is 143 Å². The predicted octanol–water partition coefficient (Wildman–Crippen LogP) is 3.65. The highest BCUT2D eigenvalue weighted by molar-refractivity contribution is 6.30. The van der Waals surface area contributed by atoms with E-state index in [0.29, 0.717) is 0 Å². The Hall–Kier alpha value is -0.770. The lowest BCUT2D eigenvalue weighted by Gasteiger charge is -2.34. The van der Waals surface area contributed by atoms with Crippen LogP contribution in [0.3, 0.4) is 0 Å². The van der Waals surface area contributed by atoms with E-state index in [1.165, 1.54) is 18.4 Å². The number of benzene rings is 1. The molecule has 3 nitrogen and oxygen atoms in total. The number of amides is 1. The molecular formula is C17H24Cl2N2O. The van der Waals surface area contributed by atoms with E-state index >= 15 is 0 Å². The van der Waals surface area contributed by atoms with Crippen LogP contribution in [0.15, 0.2) is 24.3 Å². The highest BCUT2D eigenvalue weighted by atomic mass is 35.5. The lowest BCUT2D eigenvalue weighted by Crippen LogP contribution is -2.48. The Kier molecular flexibility index (Phi) is 6.13. The number of carbonyl (C=O) groups is 1. The zero-order valence-electron chi connectivity index (χ0n) is 12.7. The SMILES string of the molecule is Cl.O=C(NC1(c2ccc(Cl)cc2)CCCC1)C1CCNCC1. The summed E-state index contributed by atoms with van der Waals surface area (Å²) in [6.07, 6.45) is 6.31. The molecule has 5 heteroatoms. The van der Waals surface area contributed by atoms with Crippen molar-refractivity contribution in [2.75, 3.05) is 13.1 Å². The van der Waals surface area contributed by atoms with E-state index in [-0.39, 0.29) is 29.8 Å². The summed E-state index contributed by atoms with van der Waals surface area (Å²) in [6.45, 7) is 1.90. The summed E-state index contributed by atoms with van der Waals surface area (Å²) in [4.78, 5) is 12.6. The fourth-order valence-corrected chi connectivity index (χ4v) is 3.78. The van der Waals surface area contributed by atoms with Crippen molar-refractivity contribution in [2.24, 2.45) is 5.92 Å². The maximum Gasteiger partial charge on any atom is 0.223 e. The Bertz CT molecular complexity index is 492. The molecule has 1 aliphatic heterocycles. The average Bonchev–Trinajstić information content (AvgIpc) is 2.98. The molecule has 0 bridgehead atoms. The number of hydrogen-bond donors (Lipinski definition) is 2. The zero-order valence-corrected chi connectivity index (χ0v) is 14.3. The normalized spacial score (nSPS) is 21.1. The van der Waals surface area contributed by atoms with Gasteiger partial charge in [0.2, 0.25) is 5.91 Å². The molecule has 1 aromatic rings. The van der Waals surface area contributed by atoms with E-state index in [0.717, 1.165) is 43.8 Å². The topological polar surface area (TPSA) is 41.1 Å². The molecular weight excluding hydrogens is 319 g/mol. The molecule has 122 valence electrons. The molecule has 2 N–H and O–H groups in total. The van der Waals surface area contributed by atoms with Gasteiger partial charge in [-0.15, -0.1) is 12.4 Å². The fraction of sp³-hybridized carbons (Fsp3) is 0.588. The Morgan fingerprint density at radius 1 is 1.14 bits per heavy atom. The smallest absolute Gasteiger partial charge is 0.223 e. The molecule has 2 fully saturated rings. The van der Waals surface area contributed by atoms with Gasteiger partial charge < -0.3 is 10.6 Å². The molecule has 1 aromatic carbocycles. The first-order valence-corrected chi connectivity index (χ1v) is 8.36. The highest BCUT2D eigenvalue weighted by Crippen LogP contribution is 2.39. The van der Waals surface area contributed by atoms with Gasteiger partial charge in [-0.2, -0.15) is 0 Å². The molecule has 1 saturated heterocycles. The van der Waals surface area contributed by atoms with E-state index in [1.54, 1.807) is 0 Å². The van der Waals surface area contributed by atoms with Crippen LogP contribution in [0.4, 0.5) is 0 Å². The first kappa shape index (κ1) is 17.6. The van der Waals surface area contributed by atoms with Crippen molar-refractivity contribution >= 4 is 29.9 Å². The lowest BCUT2D eigenvalue weighted by atomic mass is 9.86. The van der Waals surface area contributed by atoms with Gasteiger partial charge in [-0.05, 0) is 56.5 Å². The van der Waals surface area contributed by atoms with Crippen molar-refractivity contribution < 1.29 is 4.79 Å². The molecule has 0 atom stereocenters. The van der Waals surface area contributed by atoms with Crippen molar-refractivity contribution in [3.8, 4) is 0 Å². The average molecular weight is 343 g/mol. The third-order valence-corrected chi connectivity index (χ3v) is 5.18. The van der Waals surface area contributed by atoms with Crippen LogP contribution in [0.25, 0.3) is 0 Å². The Balaban J connectivity index is 0.00000176. The largest absolute Gasteiger partial charge is 0.346 e. The number of carbonyl (C=O) groups excluding carboxylic acids is 1. The molecule has 0 unspecified atom stereocenters. The third-order valence-electron chi connectivity index (χ3n) is 4.93.